The van der Waals surface area contributed by atoms with E-state index in [9.17, 15) is 0 Å². The lowest BCUT2D eigenvalue weighted by atomic mass is 9.68. The number of hydrogen-bond acceptors (Lipinski definition) is 2. The Hall–Kier alpha value is -0.0800. The minimum absolute atomic E-state index is 0.966. The van der Waals surface area contributed by atoms with Gasteiger partial charge in [-0.1, -0.05) is 0 Å². The summed E-state index contributed by atoms with van der Waals surface area (Å²) in [5, 5.41) is 3.31. The average molecular weight is 197 g/mol. The first-order valence-corrected chi connectivity index (χ1v) is 6.12. The summed E-state index contributed by atoms with van der Waals surface area (Å²) in [5.74, 6) is 2.96. The van der Waals surface area contributed by atoms with Crippen LogP contribution in [0.15, 0.2) is 0 Å². The van der Waals surface area contributed by atoms with Crippen molar-refractivity contribution in [1.29, 1.82) is 0 Å². The molecule has 0 aromatic heterocycles. The van der Waals surface area contributed by atoms with Crippen LogP contribution in [0.2, 0.25) is 0 Å². The Bertz CT molecular complexity index is 166. The maximum atomic E-state index is 5.39. The quantitative estimate of drug-likeness (QED) is 0.745. The fraction of sp³-hybridized carbons (Fsp3) is 1.00. The summed E-state index contributed by atoms with van der Waals surface area (Å²) >= 11 is 0. The van der Waals surface area contributed by atoms with Gasteiger partial charge in [-0.2, -0.15) is 0 Å². The lowest BCUT2D eigenvalue weighted by molar-refractivity contribution is 0.0420. The second-order valence-corrected chi connectivity index (χ2v) is 4.95. The van der Waals surface area contributed by atoms with E-state index in [0.29, 0.717) is 0 Å². The first-order valence-electron chi connectivity index (χ1n) is 6.12. The molecule has 2 heteroatoms. The summed E-state index contributed by atoms with van der Waals surface area (Å²) in [6.45, 7) is 3.25. The first-order chi connectivity index (χ1) is 6.90. The molecule has 14 heavy (non-hydrogen) atoms. The Morgan fingerprint density at radius 1 is 1.07 bits per heavy atom. The van der Waals surface area contributed by atoms with Gasteiger partial charge in [-0.3, -0.25) is 0 Å². The Kier molecular flexibility index (Phi) is 3.82. The second-order valence-electron chi connectivity index (χ2n) is 4.95. The van der Waals surface area contributed by atoms with E-state index in [0.717, 1.165) is 31.0 Å². The van der Waals surface area contributed by atoms with Crippen molar-refractivity contribution in [2.45, 2.75) is 32.1 Å². The third kappa shape index (κ3) is 2.48. The molecule has 82 valence electrons. The fourth-order valence-electron chi connectivity index (χ4n) is 2.89. The maximum absolute atomic E-state index is 5.39. The predicted molar refractivity (Wildman–Crippen MR) is 58.3 cm³/mol. The van der Waals surface area contributed by atoms with E-state index in [-0.39, 0.29) is 0 Å². The number of ether oxygens (including phenoxy) is 1. The predicted octanol–water partition coefficient (Wildman–Crippen LogP) is 2.05. The fourth-order valence-corrected chi connectivity index (χ4v) is 2.89. The molecule has 2 nitrogen and oxygen atoms in total. The van der Waals surface area contributed by atoms with Gasteiger partial charge in [0.05, 0.1) is 0 Å². The lowest BCUT2D eigenvalue weighted by Crippen LogP contribution is -2.35. The van der Waals surface area contributed by atoms with E-state index >= 15 is 0 Å². The molecule has 0 aromatic carbocycles. The third-order valence-electron chi connectivity index (χ3n) is 4.02. The zero-order chi connectivity index (χ0) is 9.80. The summed E-state index contributed by atoms with van der Waals surface area (Å²) < 4.78 is 5.39. The summed E-state index contributed by atoms with van der Waals surface area (Å²) in [4.78, 5) is 0. The van der Waals surface area contributed by atoms with Gasteiger partial charge in [0.15, 0.2) is 0 Å². The van der Waals surface area contributed by atoms with E-state index in [4.69, 9.17) is 4.74 Å². The highest BCUT2D eigenvalue weighted by Crippen LogP contribution is 2.40. The molecule has 1 saturated carbocycles. The van der Waals surface area contributed by atoms with Gasteiger partial charge in [0.2, 0.25) is 0 Å². The van der Waals surface area contributed by atoms with Gasteiger partial charge in [-0.15, -0.1) is 0 Å². The van der Waals surface area contributed by atoms with E-state index in [1.807, 2.05) is 0 Å². The van der Waals surface area contributed by atoms with Gasteiger partial charge in [0.1, 0.15) is 0 Å². The molecule has 2 unspecified atom stereocenters. The molecule has 1 saturated heterocycles. The van der Waals surface area contributed by atoms with Gasteiger partial charge < -0.3 is 10.1 Å². The standard InChI is InChI=1S/C12H23NO/c1-13-9-12-3-2-11(12)8-10-4-6-14-7-5-10/h10-13H,2-9H2,1H3. The molecule has 1 aliphatic heterocycles. The Morgan fingerprint density at radius 3 is 2.36 bits per heavy atom. The highest BCUT2D eigenvalue weighted by Gasteiger charge is 2.32. The Labute approximate surface area is 87.4 Å². The summed E-state index contributed by atoms with van der Waals surface area (Å²) in [6.07, 6.45) is 7.01. The van der Waals surface area contributed by atoms with Crippen LogP contribution in [0.3, 0.4) is 0 Å². The van der Waals surface area contributed by atoms with Crippen LogP contribution in [-0.4, -0.2) is 26.8 Å². The lowest BCUT2D eigenvalue weighted by Gasteiger charge is -2.39. The smallest absolute Gasteiger partial charge is 0.0468 e. The van der Waals surface area contributed by atoms with Gasteiger partial charge >= 0.3 is 0 Å². The van der Waals surface area contributed by atoms with Crippen LogP contribution >= 0.6 is 0 Å². The van der Waals surface area contributed by atoms with E-state index in [1.54, 1.807) is 0 Å². The molecular formula is C12H23NO. The molecule has 0 spiro atoms. The Balaban J connectivity index is 1.68. The van der Waals surface area contributed by atoms with Crippen molar-refractivity contribution in [2.75, 3.05) is 26.8 Å². The van der Waals surface area contributed by atoms with Crippen LogP contribution in [0.1, 0.15) is 32.1 Å². The molecule has 0 amide bonds. The van der Waals surface area contributed by atoms with Crippen molar-refractivity contribution >= 4 is 0 Å². The highest BCUT2D eigenvalue weighted by atomic mass is 16.5. The van der Waals surface area contributed by atoms with E-state index < -0.39 is 0 Å². The number of hydrogen-bond donors (Lipinski definition) is 1. The van der Waals surface area contributed by atoms with Crippen molar-refractivity contribution < 1.29 is 4.74 Å². The third-order valence-corrected chi connectivity index (χ3v) is 4.02. The normalized spacial score (nSPS) is 34.1. The summed E-state index contributed by atoms with van der Waals surface area (Å²) in [5.41, 5.74) is 0. The van der Waals surface area contributed by atoms with Crippen molar-refractivity contribution in [3.63, 3.8) is 0 Å². The maximum Gasteiger partial charge on any atom is 0.0468 e. The molecule has 2 aliphatic rings. The first kappa shape index (κ1) is 10.4. The molecule has 2 rings (SSSR count). The molecule has 1 aliphatic carbocycles. The number of nitrogens with one attached hydrogen (secondary N) is 1. The summed E-state index contributed by atoms with van der Waals surface area (Å²) in [6, 6.07) is 0. The largest absolute Gasteiger partial charge is 0.381 e. The minimum atomic E-state index is 0.966. The zero-order valence-electron chi connectivity index (χ0n) is 9.30. The van der Waals surface area contributed by atoms with Gasteiger partial charge in [-0.25, -0.2) is 0 Å². The molecule has 1 heterocycles. The van der Waals surface area contributed by atoms with E-state index in [2.05, 4.69) is 12.4 Å². The molecule has 1 N–H and O–H groups in total. The second kappa shape index (κ2) is 5.13. The topological polar surface area (TPSA) is 21.3 Å². The Morgan fingerprint density at radius 2 is 1.79 bits per heavy atom. The monoisotopic (exact) mass is 197 g/mol. The van der Waals surface area contributed by atoms with Crippen LogP contribution in [0.4, 0.5) is 0 Å². The van der Waals surface area contributed by atoms with Crippen LogP contribution in [-0.2, 0) is 4.74 Å². The minimum Gasteiger partial charge on any atom is -0.381 e. The SMILES string of the molecule is CNCC1CCC1CC1CCOCC1. The molecule has 0 aromatic rings. The van der Waals surface area contributed by atoms with Crippen LogP contribution < -0.4 is 5.32 Å². The van der Waals surface area contributed by atoms with Gasteiger partial charge in [0.25, 0.3) is 0 Å². The molecular weight excluding hydrogens is 174 g/mol. The average Bonchev–Trinajstić information content (AvgIpc) is 2.23. The van der Waals surface area contributed by atoms with Gasteiger partial charge in [-0.05, 0) is 63.5 Å². The van der Waals surface area contributed by atoms with Crippen LogP contribution in [0.5, 0.6) is 0 Å². The number of rotatable bonds is 4. The van der Waals surface area contributed by atoms with E-state index in [1.165, 1.54) is 38.6 Å². The van der Waals surface area contributed by atoms with Gasteiger partial charge in [0, 0.05) is 13.2 Å². The van der Waals surface area contributed by atoms with Crippen molar-refractivity contribution in [1.82, 2.24) is 5.32 Å². The molecule has 2 atom stereocenters. The van der Waals surface area contributed by atoms with Crippen molar-refractivity contribution in [3.05, 3.63) is 0 Å². The van der Waals surface area contributed by atoms with Crippen LogP contribution in [0, 0.1) is 17.8 Å². The molecule has 0 bridgehead atoms. The molecule has 2 fully saturated rings. The van der Waals surface area contributed by atoms with Crippen LogP contribution in [0.25, 0.3) is 0 Å². The molecule has 0 radical (unpaired) electrons. The highest BCUT2D eigenvalue weighted by molar-refractivity contribution is 4.84. The summed E-state index contributed by atoms with van der Waals surface area (Å²) in [7, 11) is 2.07. The van der Waals surface area contributed by atoms with Crippen molar-refractivity contribution in [2.24, 2.45) is 17.8 Å². The van der Waals surface area contributed by atoms with Crippen molar-refractivity contribution in [3.8, 4) is 0 Å². The zero-order valence-corrected chi connectivity index (χ0v) is 9.30.